The molecule has 0 unspecified atom stereocenters. The lowest BCUT2D eigenvalue weighted by atomic mass is 10.2. The number of nitrogens with one attached hydrogen (secondary N) is 1. The minimum Gasteiger partial charge on any atom is -0.399 e. The SMILES string of the molecule is Nc1cc(Br)cc(C(=O)Nc2ccc([N+](=O)[O-])c(Br)c2)c1. The summed E-state index contributed by atoms with van der Waals surface area (Å²) in [4.78, 5) is 22.3. The van der Waals surface area contributed by atoms with Gasteiger partial charge in [0, 0.05) is 27.5 Å². The summed E-state index contributed by atoms with van der Waals surface area (Å²) in [6, 6.07) is 9.10. The number of halogens is 2. The van der Waals surface area contributed by atoms with E-state index in [-0.39, 0.29) is 11.6 Å². The summed E-state index contributed by atoms with van der Waals surface area (Å²) in [6.45, 7) is 0. The van der Waals surface area contributed by atoms with Gasteiger partial charge in [-0.05, 0) is 46.3 Å². The molecule has 0 atom stereocenters. The normalized spacial score (nSPS) is 10.2. The van der Waals surface area contributed by atoms with Gasteiger partial charge in [0.25, 0.3) is 11.6 Å². The zero-order chi connectivity index (χ0) is 15.6. The lowest BCUT2D eigenvalue weighted by Gasteiger charge is -2.07. The Morgan fingerprint density at radius 1 is 1.19 bits per heavy atom. The maximum absolute atomic E-state index is 12.1. The van der Waals surface area contributed by atoms with Crippen LogP contribution in [-0.4, -0.2) is 10.8 Å². The van der Waals surface area contributed by atoms with Crippen molar-refractivity contribution in [2.24, 2.45) is 0 Å². The molecule has 6 nitrogen and oxygen atoms in total. The van der Waals surface area contributed by atoms with Gasteiger partial charge in [0.1, 0.15) is 0 Å². The van der Waals surface area contributed by atoms with Crippen LogP contribution in [0, 0.1) is 10.1 Å². The van der Waals surface area contributed by atoms with Gasteiger partial charge in [-0.15, -0.1) is 0 Å². The maximum Gasteiger partial charge on any atom is 0.283 e. The fourth-order valence-electron chi connectivity index (χ4n) is 1.68. The second kappa shape index (κ2) is 6.23. The number of benzene rings is 2. The number of amides is 1. The van der Waals surface area contributed by atoms with Crippen molar-refractivity contribution in [3.63, 3.8) is 0 Å². The van der Waals surface area contributed by atoms with E-state index in [0.29, 0.717) is 25.9 Å². The van der Waals surface area contributed by atoms with Gasteiger partial charge >= 0.3 is 0 Å². The summed E-state index contributed by atoms with van der Waals surface area (Å²) < 4.78 is 0.983. The Morgan fingerprint density at radius 3 is 2.48 bits per heavy atom. The molecule has 108 valence electrons. The number of nitro benzene ring substituents is 1. The second-order valence-corrected chi connectivity index (χ2v) is 5.92. The fourth-order valence-corrected chi connectivity index (χ4v) is 2.71. The summed E-state index contributed by atoms with van der Waals surface area (Å²) in [5, 5.41) is 13.4. The Labute approximate surface area is 136 Å². The number of nitrogen functional groups attached to an aromatic ring is 1. The van der Waals surface area contributed by atoms with E-state index >= 15 is 0 Å². The van der Waals surface area contributed by atoms with Gasteiger partial charge in [-0.25, -0.2) is 0 Å². The molecule has 0 saturated carbocycles. The third kappa shape index (κ3) is 3.79. The highest BCUT2D eigenvalue weighted by Gasteiger charge is 2.13. The number of hydrogen-bond acceptors (Lipinski definition) is 4. The van der Waals surface area contributed by atoms with E-state index in [4.69, 9.17) is 5.73 Å². The molecule has 0 saturated heterocycles. The first-order valence-corrected chi connectivity index (χ1v) is 7.27. The van der Waals surface area contributed by atoms with Crippen LogP contribution >= 0.6 is 31.9 Å². The van der Waals surface area contributed by atoms with Gasteiger partial charge in [0.2, 0.25) is 0 Å². The van der Waals surface area contributed by atoms with Crippen molar-refractivity contribution in [1.82, 2.24) is 0 Å². The largest absolute Gasteiger partial charge is 0.399 e. The van der Waals surface area contributed by atoms with Gasteiger partial charge in [-0.1, -0.05) is 15.9 Å². The highest BCUT2D eigenvalue weighted by molar-refractivity contribution is 9.10. The Bertz CT molecular complexity index is 714. The summed E-state index contributed by atoms with van der Waals surface area (Å²) in [5.74, 6) is -0.358. The standard InChI is InChI=1S/C13H9Br2N3O3/c14-8-3-7(4-9(16)5-8)13(19)17-10-1-2-12(18(20)21)11(15)6-10/h1-6H,16H2,(H,17,19). The molecular weight excluding hydrogens is 406 g/mol. The average Bonchev–Trinajstić information content (AvgIpc) is 2.37. The van der Waals surface area contributed by atoms with Crippen LogP contribution in [0.15, 0.2) is 45.3 Å². The summed E-state index contributed by atoms with van der Waals surface area (Å²) >= 11 is 6.36. The van der Waals surface area contributed by atoms with Crippen LogP contribution in [0.5, 0.6) is 0 Å². The minimum absolute atomic E-state index is 0.0697. The van der Waals surface area contributed by atoms with Gasteiger partial charge < -0.3 is 11.1 Å². The Kier molecular flexibility index (Phi) is 4.59. The predicted molar refractivity (Wildman–Crippen MR) is 87.3 cm³/mol. The van der Waals surface area contributed by atoms with Crippen molar-refractivity contribution in [2.75, 3.05) is 11.1 Å². The smallest absolute Gasteiger partial charge is 0.283 e. The number of anilines is 2. The number of rotatable bonds is 3. The molecule has 2 aromatic rings. The van der Waals surface area contributed by atoms with Crippen molar-refractivity contribution in [3.05, 3.63) is 61.0 Å². The molecule has 0 radical (unpaired) electrons. The number of nitrogens with zero attached hydrogens (tertiary/aromatic N) is 1. The van der Waals surface area contributed by atoms with Crippen LogP contribution < -0.4 is 11.1 Å². The van der Waals surface area contributed by atoms with E-state index in [1.54, 1.807) is 18.2 Å². The molecule has 1 amide bonds. The molecule has 0 aliphatic rings. The lowest BCUT2D eigenvalue weighted by molar-refractivity contribution is -0.385. The average molecular weight is 415 g/mol. The molecule has 0 bridgehead atoms. The first kappa shape index (κ1) is 15.5. The van der Waals surface area contributed by atoms with Crippen LogP contribution in [0.4, 0.5) is 17.1 Å². The van der Waals surface area contributed by atoms with Crippen molar-refractivity contribution in [2.45, 2.75) is 0 Å². The third-order valence-electron chi connectivity index (χ3n) is 2.58. The predicted octanol–water partition coefficient (Wildman–Crippen LogP) is 3.95. The van der Waals surface area contributed by atoms with Crippen LogP contribution in [0.25, 0.3) is 0 Å². The lowest BCUT2D eigenvalue weighted by Crippen LogP contribution is -2.12. The molecule has 0 fully saturated rings. The molecule has 2 aromatic carbocycles. The topological polar surface area (TPSA) is 98.3 Å². The number of nitro groups is 1. The van der Waals surface area contributed by atoms with Gasteiger partial charge in [-0.3, -0.25) is 14.9 Å². The molecule has 3 N–H and O–H groups in total. The molecular formula is C13H9Br2N3O3. The van der Waals surface area contributed by atoms with Crippen LogP contribution in [0.3, 0.4) is 0 Å². The number of carbonyl (C=O) groups excluding carboxylic acids is 1. The molecule has 0 heterocycles. The highest BCUT2D eigenvalue weighted by Crippen LogP contribution is 2.28. The van der Waals surface area contributed by atoms with E-state index in [1.165, 1.54) is 18.2 Å². The van der Waals surface area contributed by atoms with E-state index in [1.807, 2.05) is 0 Å². The van der Waals surface area contributed by atoms with Gasteiger partial charge in [0.15, 0.2) is 0 Å². The highest BCUT2D eigenvalue weighted by atomic mass is 79.9. The van der Waals surface area contributed by atoms with Gasteiger partial charge in [-0.2, -0.15) is 0 Å². The van der Waals surface area contributed by atoms with Crippen LogP contribution in [-0.2, 0) is 0 Å². The van der Waals surface area contributed by atoms with Crippen molar-refractivity contribution < 1.29 is 9.72 Å². The second-order valence-electron chi connectivity index (χ2n) is 4.15. The molecule has 21 heavy (non-hydrogen) atoms. The minimum atomic E-state index is -0.509. The van der Waals surface area contributed by atoms with E-state index in [2.05, 4.69) is 37.2 Å². The first-order valence-electron chi connectivity index (χ1n) is 5.68. The van der Waals surface area contributed by atoms with E-state index in [0.717, 1.165) is 0 Å². The Balaban J connectivity index is 2.23. The third-order valence-corrected chi connectivity index (χ3v) is 3.68. The molecule has 0 aromatic heterocycles. The first-order chi connectivity index (χ1) is 9.86. The molecule has 0 aliphatic carbocycles. The molecule has 0 spiro atoms. The van der Waals surface area contributed by atoms with E-state index in [9.17, 15) is 14.9 Å². The zero-order valence-electron chi connectivity index (χ0n) is 10.5. The summed E-state index contributed by atoms with van der Waals surface area (Å²) in [5.41, 5.74) is 6.89. The van der Waals surface area contributed by atoms with Crippen molar-refractivity contribution in [1.29, 1.82) is 0 Å². The molecule has 0 aliphatic heterocycles. The Hall–Kier alpha value is -1.93. The quantitative estimate of drug-likeness (QED) is 0.451. The number of carbonyl (C=O) groups is 1. The molecule has 2 rings (SSSR count). The monoisotopic (exact) mass is 413 g/mol. The summed E-state index contributed by atoms with van der Waals surface area (Å²) in [7, 11) is 0. The van der Waals surface area contributed by atoms with Gasteiger partial charge in [0.05, 0.1) is 9.40 Å². The number of hydrogen-bond donors (Lipinski definition) is 2. The molecule has 8 heteroatoms. The van der Waals surface area contributed by atoms with Crippen molar-refractivity contribution in [3.8, 4) is 0 Å². The van der Waals surface area contributed by atoms with Crippen LogP contribution in [0.1, 0.15) is 10.4 Å². The summed E-state index contributed by atoms with van der Waals surface area (Å²) in [6.07, 6.45) is 0. The number of nitrogens with two attached hydrogens (primary N) is 1. The van der Waals surface area contributed by atoms with E-state index < -0.39 is 4.92 Å². The fraction of sp³-hybridized carbons (Fsp3) is 0. The zero-order valence-corrected chi connectivity index (χ0v) is 13.6. The maximum atomic E-state index is 12.1. The van der Waals surface area contributed by atoms with Crippen molar-refractivity contribution >= 4 is 54.8 Å². The Morgan fingerprint density at radius 2 is 1.90 bits per heavy atom. The van der Waals surface area contributed by atoms with Crippen LogP contribution in [0.2, 0.25) is 0 Å².